The minimum absolute atomic E-state index is 0.146. The molecule has 2 atom stereocenters. The molecule has 0 heterocycles. The van der Waals surface area contributed by atoms with Gasteiger partial charge < -0.3 is 15.2 Å². The number of carbonyl (C=O) groups excluding carboxylic acids is 1. The number of rotatable bonds is 5. The number of hydrogen-bond donors (Lipinski definition) is 1. The van der Waals surface area contributed by atoms with Crippen LogP contribution >= 0.6 is 0 Å². The van der Waals surface area contributed by atoms with E-state index in [4.69, 9.17) is 15.2 Å². The molecule has 0 saturated carbocycles. The summed E-state index contributed by atoms with van der Waals surface area (Å²) in [4.78, 5) is 11.0. The molecule has 0 aliphatic rings. The van der Waals surface area contributed by atoms with E-state index in [0.29, 0.717) is 6.61 Å². The third-order valence-corrected chi connectivity index (χ3v) is 1.22. The maximum Gasteiger partial charge on any atom is 0.307 e. The lowest BCUT2D eigenvalue weighted by molar-refractivity contribution is -0.150. The fourth-order valence-electron chi connectivity index (χ4n) is 0.804. The number of nitrogens with two attached hydrogens (primary N) is 1. The zero-order chi connectivity index (χ0) is 9.56. The third-order valence-electron chi connectivity index (χ3n) is 1.22. The Balaban J connectivity index is 3.54. The van der Waals surface area contributed by atoms with E-state index in [1.165, 1.54) is 0 Å². The molecule has 4 nitrogen and oxygen atoms in total. The monoisotopic (exact) mass is 175 g/mol. The lowest BCUT2D eigenvalue weighted by Crippen LogP contribution is -2.25. The van der Waals surface area contributed by atoms with Gasteiger partial charge in [0.15, 0.2) is 0 Å². The summed E-state index contributed by atoms with van der Waals surface area (Å²) in [5.74, 6) is -0.269. The topological polar surface area (TPSA) is 61.5 Å². The van der Waals surface area contributed by atoms with Gasteiger partial charge >= 0.3 is 5.97 Å². The van der Waals surface area contributed by atoms with Gasteiger partial charge in [0.05, 0.1) is 13.0 Å². The van der Waals surface area contributed by atoms with Crippen LogP contribution in [0.4, 0.5) is 0 Å². The van der Waals surface area contributed by atoms with Gasteiger partial charge in [-0.15, -0.1) is 0 Å². The third kappa shape index (κ3) is 6.12. The Morgan fingerprint density at radius 2 is 2.08 bits per heavy atom. The van der Waals surface area contributed by atoms with Gasteiger partial charge in [-0.1, -0.05) is 0 Å². The maximum absolute atomic E-state index is 11.0. The molecule has 72 valence electrons. The lowest BCUT2D eigenvalue weighted by atomic mass is 10.2. The maximum atomic E-state index is 11.0. The fraction of sp³-hybridized carbons (Fsp3) is 0.875. The average molecular weight is 175 g/mol. The van der Waals surface area contributed by atoms with Crippen LogP contribution in [0.25, 0.3) is 0 Å². The van der Waals surface area contributed by atoms with Gasteiger partial charge in [-0.25, -0.2) is 0 Å². The SMILES string of the molecule is COCC(C)OC(=O)CC(C)N. The Bertz CT molecular complexity index is 136. The summed E-state index contributed by atoms with van der Waals surface area (Å²) in [6.07, 6.45) is 0.0647. The van der Waals surface area contributed by atoms with Gasteiger partial charge in [0.2, 0.25) is 0 Å². The Morgan fingerprint density at radius 1 is 1.50 bits per heavy atom. The van der Waals surface area contributed by atoms with Gasteiger partial charge in [0.25, 0.3) is 0 Å². The summed E-state index contributed by atoms with van der Waals surface area (Å²) in [5, 5.41) is 0. The molecule has 2 N–H and O–H groups in total. The van der Waals surface area contributed by atoms with E-state index in [-0.39, 0.29) is 24.5 Å². The first kappa shape index (κ1) is 11.4. The molecular formula is C8H17NO3. The van der Waals surface area contributed by atoms with Crippen LogP contribution in [0, 0.1) is 0 Å². The summed E-state index contributed by atoms with van der Waals surface area (Å²) < 4.78 is 9.76. The van der Waals surface area contributed by atoms with Crippen LogP contribution in [-0.4, -0.2) is 31.8 Å². The molecule has 2 unspecified atom stereocenters. The first-order valence-electron chi connectivity index (χ1n) is 4.00. The predicted molar refractivity (Wildman–Crippen MR) is 45.7 cm³/mol. The first-order chi connectivity index (χ1) is 5.56. The van der Waals surface area contributed by atoms with Crippen LogP contribution < -0.4 is 5.73 Å². The first-order valence-corrected chi connectivity index (χ1v) is 4.00. The van der Waals surface area contributed by atoms with E-state index in [0.717, 1.165) is 0 Å². The molecular weight excluding hydrogens is 158 g/mol. The standard InChI is InChI=1S/C8H17NO3/c1-6(9)4-8(10)12-7(2)5-11-3/h6-7H,4-5,9H2,1-3H3. The highest BCUT2D eigenvalue weighted by Crippen LogP contribution is 1.96. The van der Waals surface area contributed by atoms with Crippen molar-refractivity contribution in [3.8, 4) is 0 Å². The molecule has 0 aliphatic carbocycles. The number of carbonyl (C=O) groups is 1. The van der Waals surface area contributed by atoms with Crippen molar-refractivity contribution in [1.82, 2.24) is 0 Å². The van der Waals surface area contributed by atoms with Crippen molar-refractivity contribution in [3.63, 3.8) is 0 Å². The minimum atomic E-state index is -0.269. The Labute approximate surface area is 73.0 Å². The molecule has 0 rings (SSSR count). The molecule has 4 heteroatoms. The van der Waals surface area contributed by atoms with Crippen molar-refractivity contribution in [2.45, 2.75) is 32.4 Å². The van der Waals surface area contributed by atoms with Gasteiger partial charge in [-0.3, -0.25) is 4.79 Å². The van der Waals surface area contributed by atoms with Crippen LogP contribution in [0.2, 0.25) is 0 Å². The van der Waals surface area contributed by atoms with Gasteiger partial charge in [0, 0.05) is 13.2 Å². The Kier molecular flexibility index (Phi) is 5.66. The summed E-state index contributed by atoms with van der Waals surface area (Å²) in [7, 11) is 1.57. The average Bonchev–Trinajstić information content (AvgIpc) is 1.84. The van der Waals surface area contributed by atoms with Crippen LogP contribution in [0.1, 0.15) is 20.3 Å². The second-order valence-electron chi connectivity index (χ2n) is 2.94. The molecule has 0 radical (unpaired) electrons. The van der Waals surface area contributed by atoms with Crippen molar-refractivity contribution in [2.75, 3.05) is 13.7 Å². The number of methoxy groups -OCH3 is 1. The predicted octanol–water partition coefficient (Wildman–Crippen LogP) is 0.302. The normalized spacial score (nSPS) is 15.3. The smallest absolute Gasteiger partial charge is 0.307 e. The zero-order valence-electron chi connectivity index (χ0n) is 7.87. The molecule has 0 fully saturated rings. The van der Waals surface area contributed by atoms with Crippen molar-refractivity contribution in [2.24, 2.45) is 5.73 Å². The van der Waals surface area contributed by atoms with E-state index in [1.54, 1.807) is 21.0 Å². The molecule has 0 bridgehead atoms. The second-order valence-corrected chi connectivity index (χ2v) is 2.94. The number of esters is 1. The van der Waals surface area contributed by atoms with Crippen LogP contribution in [0.15, 0.2) is 0 Å². The van der Waals surface area contributed by atoms with Gasteiger partial charge in [-0.2, -0.15) is 0 Å². The Morgan fingerprint density at radius 3 is 2.50 bits per heavy atom. The zero-order valence-corrected chi connectivity index (χ0v) is 7.87. The van der Waals surface area contributed by atoms with E-state index < -0.39 is 0 Å². The Hall–Kier alpha value is -0.610. The minimum Gasteiger partial charge on any atom is -0.460 e. The number of ether oxygens (including phenoxy) is 2. The second kappa shape index (κ2) is 5.97. The van der Waals surface area contributed by atoms with E-state index in [9.17, 15) is 4.79 Å². The molecule has 12 heavy (non-hydrogen) atoms. The molecule has 0 aromatic heterocycles. The van der Waals surface area contributed by atoms with E-state index >= 15 is 0 Å². The highest BCUT2D eigenvalue weighted by molar-refractivity contribution is 5.70. The molecule has 0 aliphatic heterocycles. The summed E-state index contributed by atoms with van der Waals surface area (Å²) in [6.45, 7) is 3.97. The van der Waals surface area contributed by atoms with E-state index in [2.05, 4.69) is 0 Å². The molecule has 0 saturated heterocycles. The summed E-state index contributed by atoms with van der Waals surface area (Å²) >= 11 is 0. The fourth-order valence-corrected chi connectivity index (χ4v) is 0.804. The quantitative estimate of drug-likeness (QED) is 0.610. The molecule has 0 aromatic carbocycles. The van der Waals surface area contributed by atoms with Crippen LogP contribution in [-0.2, 0) is 14.3 Å². The van der Waals surface area contributed by atoms with Crippen LogP contribution in [0.5, 0.6) is 0 Å². The van der Waals surface area contributed by atoms with Crippen molar-refractivity contribution < 1.29 is 14.3 Å². The summed E-state index contributed by atoms with van der Waals surface area (Å²) in [6, 6.07) is -0.146. The van der Waals surface area contributed by atoms with Gasteiger partial charge in [-0.05, 0) is 13.8 Å². The number of hydrogen-bond acceptors (Lipinski definition) is 4. The van der Waals surface area contributed by atoms with E-state index in [1.807, 2.05) is 0 Å². The summed E-state index contributed by atoms with van der Waals surface area (Å²) in [5.41, 5.74) is 5.41. The van der Waals surface area contributed by atoms with Crippen molar-refractivity contribution in [1.29, 1.82) is 0 Å². The van der Waals surface area contributed by atoms with Crippen LogP contribution in [0.3, 0.4) is 0 Å². The lowest BCUT2D eigenvalue weighted by Gasteiger charge is -2.12. The van der Waals surface area contributed by atoms with Crippen molar-refractivity contribution in [3.05, 3.63) is 0 Å². The largest absolute Gasteiger partial charge is 0.460 e. The van der Waals surface area contributed by atoms with Gasteiger partial charge in [0.1, 0.15) is 6.10 Å². The highest BCUT2D eigenvalue weighted by atomic mass is 16.6. The molecule has 0 amide bonds. The highest BCUT2D eigenvalue weighted by Gasteiger charge is 2.10. The van der Waals surface area contributed by atoms with Crippen molar-refractivity contribution >= 4 is 5.97 Å². The molecule has 0 aromatic rings. The molecule has 0 spiro atoms.